The van der Waals surface area contributed by atoms with Crippen LogP contribution in [0.1, 0.15) is 5.56 Å². The highest BCUT2D eigenvalue weighted by Crippen LogP contribution is 2.31. The van der Waals surface area contributed by atoms with Crippen LogP contribution in [0, 0.1) is 17.1 Å². The van der Waals surface area contributed by atoms with Gasteiger partial charge in [-0.15, -0.1) is 0 Å². The van der Waals surface area contributed by atoms with Crippen LogP contribution >= 0.6 is 11.6 Å². The molecule has 2 N–H and O–H groups in total. The van der Waals surface area contributed by atoms with Crippen molar-refractivity contribution in [1.29, 1.82) is 5.26 Å². The molecule has 0 radical (unpaired) electrons. The number of aromatic nitrogens is 1. The van der Waals surface area contributed by atoms with Gasteiger partial charge in [0.15, 0.2) is 0 Å². The van der Waals surface area contributed by atoms with Crippen molar-refractivity contribution in [3.63, 3.8) is 0 Å². The molecule has 26 heavy (non-hydrogen) atoms. The van der Waals surface area contributed by atoms with Crippen LogP contribution in [0.25, 0.3) is 10.9 Å². The third-order valence-corrected chi connectivity index (χ3v) is 3.92. The molecular formula is C19H12ClFN4O. The normalized spacial score (nSPS) is 10.2. The van der Waals surface area contributed by atoms with E-state index in [1.807, 2.05) is 0 Å². The maximum atomic E-state index is 13.4. The van der Waals surface area contributed by atoms with E-state index in [0.29, 0.717) is 33.5 Å². The molecule has 3 rings (SSSR count). The van der Waals surface area contributed by atoms with Crippen LogP contribution in [0.2, 0.25) is 5.02 Å². The molecule has 0 fully saturated rings. The molecule has 0 spiro atoms. The van der Waals surface area contributed by atoms with E-state index in [1.165, 1.54) is 24.4 Å². The zero-order valence-electron chi connectivity index (χ0n) is 13.4. The van der Waals surface area contributed by atoms with Gasteiger partial charge in [0.25, 0.3) is 0 Å². The zero-order chi connectivity index (χ0) is 18.7. The van der Waals surface area contributed by atoms with Crippen molar-refractivity contribution in [3.05, 3.63) is 71.7 Å². The standard InChI is InChI=1S/C19H12ClFN4O/c1-2-18(26)24-12-4-6-17-14(7-12)19(11(9-22)10-23-17)25-13-3-5-16(21)15(20)8-13/h2-8,10H,1H2,(H,23,25)(H,24,26). The van der Waals surface area contributed by atoms with E-state index >= 15 is 0 Å². The van der Waals surface area contributed by atoms with Crippen molar-refractivity contribution in [2.75, 3.05) is 10.6 Å². The Kier molecular flexibility index (Phi) is 4.83. The Morgan fingerprint density at radius 1 is 1.27 bits per heavy atom. The molecule has 3 aromatic rings. The molecule has 0 saturated carbocycles. The summed E-state index contributed by atoms with van der Waals surface area (Å²) in [5, 5.41) is 15.7. The second-order valence-electron chi connectivity index (χ2n) is 5.34. The molecule has 0 aliphatic heterocycles. The molecule has 1 amide bonds. The Bertz CT molecular complexity index is 1080. The smallest absolute Gasteiger partial charge is 0.247 e. The Morgan fingerprint density at radius 2 is 2.04 bits per heavy atom. The highest BCUT2D eigenvalue weighted by molar-refractivity contribution is 6.31. The second kappa shape index (κ2) is 7.21. The first-order chi connectivity index (χ1) is 12.5. The summed E-state index contributed by atoms with van der Waals surface area (Å²) in [7, 11) is 0. The van der Waals surface area contributed by atoms with E-state index in [2.05, 4.69) is 28.3 Å². The lowest BCUT2D eigenvalue weighted by Gasteiger charge is -2.13. The summed E-state index contributed by atoms with van der Waals surface area (Å²) in [5.74, 6) is -0.889. The average Bonchev–Trinajstić information content (AvgIpc) is 2.65. The number of anilines is 3. The van der Waals surface area contributed by atoms with Gasteiger partial charge >= 0.3 is 0 Å². The Hall–Kier alpha value is -3.43. The molecule has 7 heteroatoms. The molecule has 2 aromatic carbocycles. The van der Waals surface area contributed by atoms with Gasteiger partial charge in [0.2, 0.25) is 5.91 Å². The van der Waals surface area contributed by atoms with E-state index in [-0.39, 0.29) is 10.9 Å². The maximum Gasteiger partial charge on any atom is 0.247 e. The summed E-state index contributed by atoms with van der Waals surface area (Å²) >= 11 is 5.82. The lowest BCUT2D eigenvalue weighted by molar-refractivity contribution is -0.111. The van der Waals surface area contributed by atoms with Gasteiger partial charge in [0.05, 0.1) is 21.8 Å². The molecule has 128 valence electrons. The van der Waals surface area contributed by atoms with Crippen LogP contribution in [0.3, 0.4) is 0 Å². The zero-order valence-corrected chi connectivity index (χ0v) is 14.1. The highest BCUT2D eigenvalue weighted by atomic mass is 35.5. The Labute approximate surface area is 153 Å². The van der Waals surface area contributed by atoms with Crippen molar-refractivity contribution < 1.29 is 9.18 Å². The number of hydrogen-bond donors (Lipinski definition) is 2. The number of hydrogen-bond acceptors (Lipinski definition) is 4. The first kappa shape index (κ1) is 17.4. The molecule has 0 atom stereocenters. The number of benzene rings is 2. The summed E-state index contributed by atoms with van der Waals surface area (Å²) in [6.45, 7) is 3.41. The first-order valence-electron chi connectivity index (χ1n) is 7.50. The molecule has 0 aliphatic rings. The maximum absolute atomic E-state index is 13.4. The van der Waals surface area contributed by atoms with E-state index < -0.39 is 5.82 Å². The van der Waals surface area contributed by atoms with Crippen molar-refractivity contribution in [2.45, 2.75) is 0 Å². The predicted molar refractivity (Wildman–Crippen MR) is 100.0 cm³/mol. The van der Waals surface area contributed by atoms with Gasteiger partial charge < -0.3 is 10.6 Å². The number of carbonyl (C=O) groups is 1. The van der Waals surface area contributed by atoms with Gasteiger partial charge in [-0.05, 0) is 42.5 Å². The van der Waals surface area contributed by atoms with E-state index in [1.54, 1.807) is 18.2 Å². The Balaban J connectivity index is 2.12. The SMILES string of the molecule is C=CC(=O)Nc1ccc2ncc(C#N)c(Nc3ccc(F)c(Cl)c3)c2c1. The number of nitrogens with zero attached hydrogens (tertiary/aromatic N) is 2. The fraction of sp³-hybridized carbons (Fsp3) is 0. The Morgan fingerprint density at radius 3 is 2.73 bits per heavy atom. The molecule has 0 aliphatic carbocycles. The van der Waals surface area contributed by atoms with Gasteiger partial charge in [-0.3, -0.25) is 9.78 Å². The van der Waals surface area contributed by atoms with Crippen LogP contribution in [-0.2, 0) is 4.79 Å². The number of fused-ring (bicyclic) bond motifs is 1. The molecule has 5 nitrogen and oxygen atoms in total. The fourth-order valence-corrected chi connectivity index (χ4v) is 2.58. The topological polar surface area (TPSA) is 77.8 Å². The van der Waals surface area contributed by atoms with Crippen molar-refractivity contribution >= 4 is 45.5 Å². The molecule has 1 heterocycles. The highest BCUT2D eigenvalue weighted by Gasteiger charge is 2.11. The summed E-state index contributed by atoms with van der Waals surface area (Å²) in [4.78, 5) is 15.8. The fourth-order valence-electron chi connectivity index (χ4n) is 2.40. The summed E-state index contributed by atoms with van der Waals surface area (Å²) in [6.07, 6.45) is 2.60. The van der Waals surface area contributed by atoms with Crippen LogP contribution in [0.5, 0.6) is 0 Å². The van der Waals surface area contributed by atoms with Gasteiger partial charge in [0, 0.05) is 23.0 Å². The summed E-state index contributed by atoms with van der Waals surface area (Å²) in [6, 6.07) is 11.3. The largest absolute Gasteiger partial charge is 0.354 e. The van der Waals surface area contributed by atoms with Crippen LogP contribution < -0.4 is 10.6 Å². The number of carbonyl (C=O) groups excluding carboxylic acids is 1. The summed E-state index contributed by atoms with van der Waals surface area (Å²) < 4.78 is 13.4. The first-order valence-corrected chi connectivity index (χ1v) is 7.88. The van der Waals surface area contributed by atoms with Crippen molar-refractivity contribution in [1.82, 2.24) is 4.98 Å². The van der Waals surface area contributed by atoms with E-state index in [4.69, 9.17) is 11.6 Å². The minimum Gasteiger partial charge on any atom is -0.354 e. The minimum atomic E-state index is -0.535. The number of amides is 1. The lowest BCUT2D eigenvalue weighted by atomic mass is 10.1. The number of halogens is 2. The van der Waals surface area contributed by atoms with Gasteiger partial charge in [-0.1, -0.05) is 18.2 Å². The molecular weight excluding hydrogens is 355 g/mol. The second-order valence-corrected chi connectivity index (χ2v) is 5.75. The number of nitrogens with one attached hydrogen (secondary N) is 2. The molecule has 0 bridgehead atoms. The molecule has 0 unspecified atom stereocenters. The number of rotatable bonds is 4. The van der Waals surface area contributed by atoms with E-state index in [0.717, 1.165) is 6.08 Å². The van der Waals surface area contributed by atoms with Gasteiger partial charge in [-0.25, -0.2) is 4.39 Å². The third kappa shape index (κ3) is 3.48. The van der Waals surface area contributed by atoms with Crippen molar-refractivity contribution in [2.24, 2.45) is 0 Å². The van der Waals surface area contributed by atoms with Crippen LogP contribution in [-0.4, -0.2) is 10.9 Å². The average molecular weight is 367 g/mol. The number of nitriles is 1. The van der Waals surface area contributed by atoms with Crippen molar-refractivity contribution in [3.8, 4) is 6.07 Å². The predicted octanol–water partition coefficient (Wildman–Crippen LogP) is 4.77. The minimum absolute atomic E-state index is 0.0363. The quantitative estimate of drug-likeness (QED) is 0.652. The molecule has 1 aromatic heterocycles. The number of pyridine rings is 1. The monoisotopic (exact) mass is 366 g/mol. The lowest BCUT2D eigenvalue weighted by Crippen LogP contribution is -2.07. The van der Waals surface area contributed by atoms with Gasteiger partial charge in [0.1, 0.15) is 11.9 Å². The van der Waals surface area contributed by atoms with Gasteiger partial charge in [-0.2, -0.15) is 5.26 Å². The molecule has 0 saturated heterocycles. The van der Waals surface area contributed by atoms with Crippen LogP contribution in [0.15, 0.2) is 55.3 Å². The van der Waals surface area contributed by atoms with Crippen LogP contribution in [0.4, 0.5) is 21.5 Å². The van der Waals surface area contributed by atoms with E-state index in [9.17, 15) is 14.4 Å². The summed E-state index contributed by atoms with van der Waals surface area (Å²) in [5.41, 5.74) is 2.44. The third-order valence-electron chi connectivity index (χ3n) is 3.63.